The molecule has 0 bridgehead atoms. The van der Waals surface area contributed by atoms with Crippen LogP contribution in [0.25, 0.3) is 0 Å². The highest BCUT2D eigenvalue weighted by atomic mass is 16.5. The van der Waals surface area contributed by atoms with Crippen LogP contribution in [0.2, 0.25) is 0 Å². The summed E-state index contributed by atoms with van der Waals surface area (Å²) in [5.41, 5.74) is 1.05. The zero-order chi connectivity index (χ0) is 12.4. The average Bonchev–Trinajstić information content (AvgIpc) is 2.68. The molecule has 1 fully saturated rings. The van der Waals surface area contributed by atoms with E-state index >= 15 is 0 Å². The number of β-amino-alcohol motifs (C(OH)–C–C–N with tert-alkyl or cyclic N) is 1. The summed E-state index contributed by atoms with van der Waals surface area (Å²) in [5, 5.41) is 9.47. The molecule has 0 radical (unpaired) electrons. The molecule has 1 aromatic carbocycles. The summed E-state index contributed by atoms with van der Waals surface area (Å²) in [6.07, 6.45) is -0.288. The molecule has 1 aliphatic rings. The van der Waals surface area contributed by atoms with Crippen LogP contribution in [-0.4, -0.2) is 35.7 Å². The highest BCUT2D eigenvalue weighted by molar-refractivity contribution is 5.79. The van der Waals surface area contributed by atoms with Crippen LogP contribution in [0.15, 0.2) is 24.3 Å². The number of carbonyl (C=O) groups excluding carboxylic acids is 1. The molecule has 4 nitrogen and oxygen atoms in total. The number of rotatable bonds is 3. The minimum absolute atomic E-state index is 0.00874. The molecular formula is C13H17NO3. The summed E-state index contributed by atoms with van der Waals surface area (Å²) in [7, 11) is 1.62. The van der Waals surface area contributed by atoms with Gasteiger partial charge in [0.15, 0.2) is 0 Å². The molecule has 1 amide bonds. The van der Waals surface area contributed by atoms with E-state index in [9.17, 15) is 9.90 Å². The van der Waals surface area contributed by atoms with Gasteiger partial charge in [-0.15, -0.1) is 0 Å². The first-order valence-corrected chi connectivity index (χ1v) is 5.73. The van der Waals surface area contributed by atoms with Crippen molar-refractivity contribution < 1.29 is 14.6 Å². The second kappa shape index (κ2) is 4.75. The molecule has 17 heavy (non-hydrogen) atoms. The molecule has 2 unspecified atom stereocenters. The maximum absolute atomic E-state index is 11.7. The fourth-order valence-corrected chi connectivity index (χ4v) is 2.15. The van der Waals surface area contributed by atoms with Gasteiger partial charge in [0.2, 0.25) is 5.91 Å². The van der Waals surface area contributed by atoms with Crippen LogP contribution in [0, 0.1) is 0 Å². The number of ether oxygens (including phenoxy) is 1. The lowest BCUT2D eigenvalue weighted by atomic mass is 10.1. The fourth-order valence-electron chi connectivity index (χ4n) is 2.15. The van der Waals surface area contributed by atoms with E-state index in [0.717, 1.165) is 11.3 Å². The van der Waals surface area contributed by atoms with Gasteiger partial charge in [0.25, 0.3) is 0 Å². The van der Waals surface area contributed by atoms with E-state index in [0.29, 0.717) is 6.54 Å². The molecule has 2 rings (SSSR count). The van der Waals surface area contributed by atoms with Crippen molar-refractivity contribution in [2.24, 2.45) is 0 Å². The number of nitrogens with zero attached hydrogens (tertiary/aromatic N) is 1. The molecule has 92 valence electrons. The molecule has 4 heteroatoms. The largest absolute Gasteiger partial charge is 0.497 e. The van der Waals surface area contributed by atoms with Crippen molar-refractivity contribution >= 4 is 5.91 Å². The Morgan fingerprint density at radius 2 is 2.06 bits per heavy atom. The minimum Gasteiger partial charge on any atom is -0.497 e. The third-order valence-electron chi connectivity index (χ3n) is 3.20. The van der Waals surface area contributed by atoms with Crippen LogP contribution in [0.1, 0.15) is 24.9 Å². The molecule has 1 aliphatic heterocycles. The Kier molecular flexibility index (Phi) is 3.33. The number of carbonyl (C=O) groups is 1. The molecular weight excluding hydrogens is 218 g/mol. The van der Waals surface area contributed by atoms with Crippen molar-refractivity contribution in [3.05, 3.63) is 29.8 Å². The third-order valence-corrected chi connectivity index (χ3v) is 3.20. The smallest absolute Gasteiger partial charge is 0.225 e. The molecule has 0 aromatic heterocycles. The molecule has 0 aliphatic carbocycles. The Hall–Kier alpha value is -1.55. The predicted molar refractivity (Wildman–Crippen MR) is 63.7 cm³/mol. The minimum atomic E-state index is -0.525. The fraction of sp³-hybridized carbons (Fsp3) is 0.462. The van der Waals surface area contributed by atoms with E-state index in [-0.39, 0.29) is 18.4 Å². The number of hydrogen-bond acceptors (Lipinski definition) is 3. The molecule has 2 atom stereocenters. The van der Waals surface area contributed by atoms with Crippen LogP contribution in [0.4, 0.5) is 0 Å². The number of aliphatic hydroxyl groups is 1. The van der Waals surface area contributed by atoms with Crippen molar-refractivity contribution in [2.75, 3.05) is 13.7 Å². The van der Waals surface area contributed by atoms with Crippen molar-refractivity contribution in [3.63, 3.8) is 0 Å². The van der Waals surface area contributed by atoms with E-state index in [2.05, 4.69) is 0 Å². The van der Waals surface area contributed by atoms with Gasteiger partial charge in [-0.25, -0.2) is 0 Å². The van der Waals surface area contributed by atoms with Gasteiger partial charge in [0.05, 0.1) is 25.7 Å². The highest BCUT2D eigenvalue weighted by Gasteiger charge is 2.31. The van der Waals surface area contributed by atoms with Crippen LogP contribution in [-0.2, 0) is 4.79 Å². The topological polar surface area (TPSA) is 49.8 Å². The van der Waals surface area contributed by atoms with Gasteiger partial charge in [0.1, 0.15) is 5.75 Å². The van der Waals surface area contributed by atoms with Gasteiger partial charge in [-0.05, 0) is 24.6 Å². The van der Waals surface area contributed by atoms with Gasteiger partial charge in [-0.1, -0.05) is 12.1 Å². The zero-order valence-electron chi connectivity index (χ0n) is 10.1. The highest BCUT2D eigenvalue weighted by Crippen LogP contribution is 2.26. The van der Waals surface area contributed by atoms with Crippen molar-refractivity contribution in [1.82, 2.24) is 4.90 Å². The first-order chi connectivity index (χ1) is 8.11. The maximum atomic E-state index is 11.7. The first-order valence-electron chi connectivity index (χ1n) is 5.73. The Morgan fingerprint density at radius 3 is 2.53 bits per heavy atom. The number of amides is 1. The Bertz CT molecular complexity index is 402. The molecule has 0 saturated carbocycles. The lowest BCUT2D eigenvalue weighted by Crippen LogP contribution is -2.29. The van der Waals surface area contributed by atoms with Crippen molar-refractivity contribution in [2.45, 2.75) is 25.5 Å². The molecule has 1 aromatic rings. The van der Waals surface area contributed by atoms with E-state index in [4.69, 9.17) is 4.74 Å². The predicted octanol–water partition coefficient (Wildman–Crippen LogP) is 1.35. The van der Waals surface area contributed by atoms with Crippen LogP contribution in [0.3, 0.4) is 0 Å². The van der Waals surface area contributed by atoms with Crippen LogP contribution < -0.4 is 4.74 Å². The van der Waals surface area contributed by atoms with Crippen LogP contribution in [0.5, 0.6) is 5.75 Å². The molecule has 1 N–H and O–H groups in total. The molecule has 1 saturated heterocycles. The van der Waals surface area contributed by atoms with Gasteiger partial charge < -0.3 is 14.7 Å². The summed E-state index contributed by atoms with van der Waals surface area (Å²) in [6.45, 7) is 2.39. The lowest BCUT2D eigenvalue weighted by Gasteiger charge is -2.24. The second-order valence-electron chi connectivity index (χ2n) is 4.35. The number of methoxy groups -OCH3 is 1. The second-order valence-corrected chi connectivity index (χ2v) is 4.35. The quantitative estimate of drug-likeness (QED) is 0.860. The zero-order valence-corrected chi connectivity index (χ0v) is 10.1. The SMILES string of the molecule is COc1ccc(C(C)N2CC(O)CC2=O)cc1. The van der Waals surface area contributed by atoms with Gasteiger partial charge in [-0.2, -0.15) is 0 Å². The number of likely N-dealkylation sites (tertiary alicyclic amines) is 1. The Labute approximate surface area is 101 Å². The average molecular weight is 235 g/mol. The monoisotopic (exact) mass is 235 g/mol. The number of hydrogen-bond donors (Lipinski definition) is 1. The maximum Gasteiger partial charge on any atom is 0.225 e. The summed E-state index contributed by atoms with van der Waals surface area (Å²) < 4.78 is 5.09. The third kappa shape index (κ3) is 2.42. The summed E-state index contributed by atoms with van der Waals surface area (Å²) >= 11 is 0. The standard InChI is InChI=1S/C13H17NO3/c1-9(14-8-11(15)7-13(14)16)10-3-5-12(17-2)6-4-10/h3-6,9,11,15H,7-8H2,1-2H3. The normalized spacial score (nSPS) is 21.7. The van der Waals surface area contributed by atoms with E-state index < -0.39 is 6.10 Å². The van der Waals surface area contributed by atoms with Gasteiger partial charge >= 0.3 is 0 Å². The van der Waals surface area contributed by atoms with Gasteiger partial charge in [0, 0.05) is 6.54 Å². The Morgan fingerprint density at radius 1 is 1.41 bits per heavy atom. The van der Waals surface area contributed by atoms with Crippen molar-refractivity contribution in [3.8, 4) is 5.75 Å². The summed E-state index contributed by atoms with van der Waals surface area (Å²) in [4.78, 5) is 13.4. The molecule has 0 spiro atoms. The molecule has 1 heterocycles. The van der Waals surface area contributed by atoms with Crippen LogP contribution >= 0.6 is 0 Å². The van der Waals surface area contributed by atoms with E-state index in [1.54, 1.807) is 12.0 Å². The van der Waals surface area contributed by atoms with Gasteiger partial charge in [-0.3, -0.25) is 4.79 Å². The van der Waals surface area contributed by atoms with E-state index in [1.807, 2.05) is 31.2 Å². The number of aliphatic hydroxyl groups excluding tert-OH is 1. The lowest BCUT2D eigenvalue weighted by molar-refractivity contribution is -0.129. The number of benzene rings is 1. The summed E-state index contributed by atoms with van der Waals surface area (Å²) in [6, 6.07) is 7.64. The Balaban J connectivity index is 2.13. The first kappa shape index (κ1) is 11.9. The van der Waals surface area contributed by atoms with E-state index in [1.165, 1.54) is 0 Å². The summed E-state index contributed by atoms with van der Waals surface area (Å²) in [5.74, 6) is 0.814. The van der Waals surface area contributed by atoms with Crippen molar-refractivity contribution in [1.29, 1.82) is 0 Å².